The summed E-state index contributed by atoms with van der Waals surface area (Å²) in [7, 11) is 0. The van der Waals surface area contributed by atoms with Crippen LogP contribution in [0.2, 0.25) is 0 Å². The van der Waals surface area contributed by atoms with Gasteiger partial charge < -0.3 is 19.4 Å². The fourth-order valence-corrected chi connectivity index (χ4v) is 3.79. The summed E-state index contributed by atoms with van der Waals surface area (Å²) in [5, 5.41) is 4.48. The molecule has 6 nitrogen and oxygen atoms in total. The molecule has 1 aliphatic rings. The molecule has 144 valence electrons. The van der Waals surface area contributed by atoms with E-state index >= 15 is 0 Å². The van der Waals surface area contributed by atoms with Crippen molar-refractivity contribution in [1.29, 1.82) is 0 Å². The number of aromatic nitrogens is 3. The van der Waals surface area contributed by atoms with Gasteiger partial charge in [-0.3, -0.25) is 4.98 Å². The Balaban J connectivity index is 1.77. The largest absolute Gasteiger partial charge is 0.490 e. The number of nitrogens with one attached hydrogen (secondary N) is 1. The number of rotatable bonds is 7. The number of imidazole rings is 1. The summed E-state index contributed by atoms with van der Waals surface area (Å²) >= 11 is 0. The van der Waals surface area contributed by atoms with E-state index in [1.165, 1.54) is 0 Å². The summed E-state index contributed by atoms with van der Waals surface area (Å²) in [5.41, 5.74) is 3.03. The molecular formula is C21H28N4O2. The van der Waals surface area contributed by atoms with Gasteiger partial charge in [-0.05, 0) is 57.5 Å². The molecule has 0 spiro atoms. The van der Waals surface area contributed by atoms with Crippen LogP contribution in [-0.2, 0) is 17.9 Å². The molecule has 0 bridgehead atoms. The number of nitrogens with zero attached hydrogens (tertiary/aromatic N) is 3. The zero-order valence-electron chi connectivity index (χ0n) is 16.2. The Kier molecular flexibility index (Phi) is 5.55. The van der Waals surface area contributed by atoms with Crippen LogP contribution in [0.4, 0.5) is 0 Å². The van der Waals surface area contributed by atoms with E-state index in [4.69, 9.17) is 14.5 Å². The number of hydrogen-bond donors (Lipinski definition) is 1. The molecule has 1 aromatic carbocycles. The number of pyridine rings is 1. The number of ether oxygens (including phenoxy) is 2. The molecule has 3 aromatic rings. The number of aryl methyl sites for hydroxylation is 1. The Morgan fingerprint density at radius 3 is 2.81 bits per heavy atom. The maximum absolute atomic E-state index is 6.26. The van der Waals surface area contributed by atoms with Gasteiger partial charge in [-0.1, -0.05) is 6.92 Å². The molecule has 0 amide bonds. The van der Waals surface area contributed by atoms with Crippen LogP contribution in [0.3, 0.4) is 0 Å². The molecule has 0 saturated carbocycles. The molecule has 1 saturated heterocycles. The van der Waals surface area contributed by atoms with E-state index in [9.17, 15) is 0 Å². The second-order valence-corrected chi connectivity index (χ2v) is 7.06. The zero-order chi connectivity index (χ0) is 18.6. The lowest BCUT2D eigenvalue weighted by molar-refractivity contribution is 0.126. The van der Waals surface area contributed by atoms with Crippen LogP contribution < -0.4 is 10.1 Å². The highest BCUT2D eigenvalue weighted by Crippen LogP contribution is 2.29. The van der Waals surface area contributed by atoms with E-state index in [2.05, 4.69) is 33.9 Å². The third-order valence-corrected chi connectivity index (χ3v) is 5.09. The third-order valence-electron chi connectivity index (χ3n) is 5.09. The fraction of sp³-hybridized carbons (Fsp3) is 0.524. The van der Waals surface area contributed by atoms with Gasteiger partial charge in [0.2, 0.25) is 0 Å². The van der Waals surface area contributed by atoms with Gasteiger partial charge in [-0.15, -0.1) is 0 Å². The zero-order valence-corrected chi connectivity index (χ0v) is 16.2. The maximum Gasteiger partial charge on any atom is 0.136 e. The van der Waals surface area contributed by atoms with Crippen molar-refractivity contribution >= 4 is 21.9 Å². The average molecular weight is 368 g/mol. The van der Waals surface area contributed by atoms with Gasteiger partial charge in [0.25, 0.3) is 0 Å². The van der Waals surface area contributed by atoms with Crippen LogP contribution in [0.5, 0.6) is 5.75 Å². The lowest BCUT2D eigenvalue weighted by atomic mass is 10.1. The molecule has 0 atom stereocenters. The highest BCUT2D eigenvalue weighted by molar-refractivity contribution is 6.02. The molecule has 0 aliphatic carbocycles. The maximum atomic E-state index is 6.26. The van der Waals surface area contributed by atoms with Crippen LogP contribution >= 0.6 is 0 Å². The van der Waals surface area contributed by atoms with Gasteiger partial charge in [0, 0.05) is 18.5 Å². The van der Waals surface area contributed by atoms with E-state index < -0.39 is 0 Å². The summed E-state index contributed by atoms with van der Waals surface area (Å²) < 4.78 is 14.2. The molecule has 1 N–H and O–H groups in total. The molecule has 2 aromatic heterocycles. The Morgan fingerprint density at radius 2 is 2.04 bits per heavy atom. The van der Waals surface area contributed by atoms with E-state index in [-0.39, 0.29) is 6.10 Å². The number of hydrogen-bond acceptors (Lipinski definition) is 5. The van der Waals surface area contributed by atoms with Gasteiger partial charge in [0.05, 0.1) is 17.2 Å². The van der Waals surface area contributed by atoms with Gasteiger partial charge in [0.15, 0.2) is 0 Å². The van der Waals surface area contributed by atoms with Gasteiger partial charge in [-0.25, -0.2) is 4.98 Å². The monoisotopic (exact) mass is 368 g/mol. The third kappa shape index (κ3) is 3.77. The van der Waals surface area contributed by atoms with Crippen molar-refractivity contribution < 1.29 is 9.47 Å². The molecule has 6 heteroatoms. The van der Waals surface area contributed by atoms with E-state index in [1.54, 1.807) is 0 Å². The van der Waals surface area contributed by atoms with Crippen LogP contribution in [0.1, 0.15) is 38.9 Å². The second-order valence-electron chi connectivity index (χ2n) is 7.06. The Bertz CT molecular complexity index is 915. The molecule has 27 heavy (non-hydrogen) atoms. The van der Waals surface area contributed by atoms with Crippen molar-refractivity contribution in [3.63, 3.8) is 0 Å². The highest BCUT2D eigenvalue weighted by atomic mass is 16.5. The lowest BCUT2D eigenvalue weighted by Crippen LogP contribution is -2.34. The highest BCUT2D eigenvalue weighted by Gasteiger charge is 2.17. The first-order valence-corrected chi connectivity index (χ1v) is 10.0. The normalized spacial score (nSPS) is 15.6. The predicted molar refractivity (Wildman–Crippen MR) is 107 cm³/mol. The minimum Gasteiger partial charge on any atom is -0.490 e. The minimum atomic E-state index is 0.282. The lowest BCUT2D eigenvalue weighted by Gasteiger charge is -2.24. The second kappa shape index (κ2) is 8.23. The Hall–Kier alpha value is -2.18. The standard InChI is InChI=1S/C21H28N4O2/c1-3-11-25-20(14-26-4-2)24-19-13-23-18-6-5-16(12-17(18)21(19)25)27-15-7-9-22-10-8-15/h5-6,12-13,15,22H,3-4,7-11,14H2,1-2H3. The van der Waals surface area contributed by atoms with Crippen molar-refractivity contribution in [3.05, 3.63) is 30.2 Å². The Labute approximate surface area is 159 Å². The van der Waals surface area contributed by atoms with Gasteiger partial charge in [0.1, 0.15) is 29.8 Å². The SMILES string of the molecule is CCCn1c(COCC)nc2cnc3ccc(OC4CCNCC4)cc3c21. The quantitative estimate of drug-likeness (QED) is 0.690. The molecule has 0 unspecified atom stereocenters. The summed E-state index contributed by atoms with van der Waals surface area (Å²) in [6.45, 7) is 8.36. The van der Waals surface area contributed by atoms with Crippen LogP contribution in [-0.4, -0.2) is 40.3 Å². The average Bonchev–Trinajstić information content (AvgIpc) is 3.05. The molecule has 1 fully saturated rings. The first kappa shape index (κ1) is 18.2. The molecule has 4 rings (SSSR count). The topological polar surface area (TPSA) is 61.2 Å². The summed E-state index contributed by atoms with van der Waals surface area (Å²) in [6, 6.07) is 6.21. The van der Waals surface area contributed by atoms with E-state index in [1.807, 2.05) is 19.2 Å². The van der Waals surface area contributed by atoms with E-state index in [0.717, 1.165) is 72.4 Å². The smallest absolute Gasteiger partial charge is 0.136 e. The Morgan fingerprint density at radius 1 is 1.19 bits per heavy atom. The molecule has 0 radical (unpaired) electrons. The summed E-state index contributed by atoms with van der Waals surface area (Å²) in [4.78, 5) is 9.40. The number of piperidine rings is 1. The van der Waals surface area contributed by atoms with Crippen molar-refractivity contribution in [2.24, 2.45) is 0 Å². The van der Waals surface area contributed by atoms with Crippen molar-refractivity contribution in [2.45, 2.75) is 52.4 Å². The van der Waals surface area contributed by atoms with Crippen LogP contribution in [0.25, 0.3) is 21.9 Å². The summed E-state index contributed by atoms with van der Waals surface area (Å²) in [6.07, 6.45) is 5.29. The first-order chi connectivity index (χ1) is 13.3. The predicted octanol–water partition coefficient (Wildman–Crippen LogP) is 3.66. The van der Waals surface area contributed by atoms with Crippen molar-refractivity contribution in [1.82, 2.24) is 19.9 Å². The minimum absolute atomic E-state index is 0.282. The van der Waals surface area contributed by atoms with Crippen molar-refractivity contribution in [2.75, 3.05) is 19.7 Å². The van der Waals surface area contributed by atoms with E-state index in [0.29, 0.717) is 13.2 Å². The fourth-order valence-electron chi connectivity index (χ4n) is 3.79. The molecule has 3 heterocycles. The van der Waals surface area contributed by atoms with Crippen LogP contribution in [0.15, 0.2) is 24.4 Å². The van der Waals surface area contributed by atoms with Gasteiger partial charge >= 0.3 is 0 Å². The van der Waals surface area contributed by atoms with Crippen LogP contribution in [0, 0.1) is 0 Å². The number of fused-ring (bicyclic) bond motifs is 3. The van der Waals surface area contributed by atoms with Crippen molar-refractivity contribution in [3.8, 4) is 5.75 Å². The van der Waals surface area contributed by atoms with Gasteiger partial charge in [-0.2, -0.15) is 0 Å². The molecule has 1 aliphatic heterocycles. The number of benzene rings is 1. The summed E-state index contributed by atoms with van der Waals surface area (Å²) in [5.74, 6) is 1.88. The molecular weight excluding hydrogens is 340 g/mol. The first-order valence-electron chi connectivity index (χ1n) is 10.0.